The first-order valence-electron chi connectivity index (χ1n) is 8.00. The average molecular weight is 341 g/mol. The number of hydrogen-bond acceptors (Lipinski definition) is 5. The third kappa shape index (κ3) is 4.07. The molecule has 2 aromatic carbocycles. The standard InChI is InChI=1S/C18H20N4O3/c1-21(2)9-10-25-15-6-4-14(5-7-15)22-12-16(19-20-22)13-3-8-17(23)18(24)11-13/h3-8,11-12,23-24H,9-10H2,1-2H3/p+1. The lowest BCUT2D eigenvalue weighted by Gasteiger charge is -2.09. The van der Waals surface area contributed by atoms with Gasteiger partial charge in [0.05, 0.1) is 26.0 Å². The molecule has 7 nitrogen and oxygen atoms in total. The third-order valence-electron chi connectivity index (χ3n) is 3.74. The Morgan fingerprint density at radius 3 is 2.48 bits per heavy atom. The normalized spacial score (nSPS) is 11.0. The fourth-order valence-corrected chi connectivity index (χ4v) is 2.27. The lowest BCUT2D eigenvalue weighted by molar-refractivity contribution is -0.858. The number of nitrogens with one attached hydrogen (secondary N) is 1. The number of quaternary nitrogens is 1. The van der Waals surface area contributed by atoms with Crippen molar-refractivity contribution in [2.75, 3.05) is 27.2 Å². The molecule has 0 saturated carbocycles. The lowest BCUT2D eigenvalue weighted by Crippen LogP contribution is -3.06. The zero-order valence-electron chi connectivity index (χ0n) is 14.2. The molecule has 0 aliphatic rings. The van der Waals surface area contributed by atoms with Crippen molar-refractivity contribution >= 4 is 0 Å². The first-order chi connectivity index (χ1) is 12.0. The van der Waals surface area contributed by atoms with Crippen LogP contribution < -0.4 is 9.64 Å². The van der Waals surface area contributed by atoms with Gasteiger partial charge in [-0.3, -0.25) is 0 Å². The Labute approximate surface area is 145 Å². The van der Waals surface area contributed by atoms with Crippen LogP contribution in [0.3, 0.4) is 0 Å². The van der Waals surface area contributed by atoms with Gasteiger partial charge in [0, 0.05) is 5.56 Å². The molecule has 1 aromatic heterocycles. The summed E-state index contributed by atoms with van der Waals surface area (Å²) in [6, 6.07) is 12.2. The number of rotatable bonds is 6. The number of benzene rings is 2. The largest absolute Gasteiger partial charge is 0.504 e. The number of hydrogen-bond donors (Lipinski definition) is 3. The zero-order chi connectivity index (χ0) is 17.8. The molecule has 3 aromatic rings. The van der Waals surface area contributed by atoms with E-state index in [0.717, 1.165) is 18.0 Å². The zero-order valence-corrected chi connectivity index (χ0v) is 14.2. The van der Waals surface area contributed by atoms with Crippen molar-refractivity contribution in [3.8, 4) is 34.2 Å². The lowest BCUT2D eigenvalue weighted by atomic mass is 10.1. The van der Waals surface area contributed by atoms with Crippen LogP contribution in [0.15, 0.2) is 48.7 Å². The minimum atomic E-state index is -0.187. The Balaban J connectivity index is 1.72. The van der Waals surface area contributed by atoms with Crippen molar-refractivity contribution in [3.05, 3.63) is 48.7 Å². The van der Waals surface area contributed by atoms with E-state index < -0.39 is 0 Å². The van der Waals surface area contributed by atoms with Crippen LogP contribution in [0.2, 0.25) is 0 Å². The molecular weight excluding hydrogens is 320 g/mol. The van der Waals surface area contributed by atoms with Crippen LogP contribution in [0, 0.1) is 0 Å². The van der Waals surface area contributed by atoms with Crippen molar-refractivity contribution < 1.29 is 19.8 Å². The number of phenolic OH excluding ortho intramolecular Hbond substituents is 2. The highest BCUT2D eigenvalue weighted by molar-refractivity contribution is 5.62. The van der Waals surface area contributed by atoms with Crippen LogP contribution in [-0.4, -0.2) is 52.5 Å². The van der Waals surface area contributed by atoms with Crippen molar-refractivity contribution in [1.82, 2.24) is 15.0 Å². The number of aromatic nitrogens is 3. The first kappa shape index (κ1) is 16.8. The first-order valence-corrected chi connectivity index (χ1v) is 8.00. The predicted molar refractivity (Wildman–Crippen MR) is 93.3 cm³/mol. The van der Waals surface area contributed by atoms with E-state index in [0.29, 0.717) is 17.9 Å². The maximum Gasteiger partial charge on any atom is 0.158 e. The summed E-state index contributed by atoms with van der Waals surface area (Å²) in [5.41, 5.74) is 2.13. The molecule has 25 heavy (non-hydrogen) atoms. The summed E-state index contributed by atoms with van der Waals surface area (Å²) in [4.78, 5) is 1.34. The van der Waals surface area contributed by atoms with Crippen molar-refractivity contribution in [3.63, 3.8) is 0 Å². The highest BCUT2D eigenvalue weighted by atomic mass is 16.5. The van der Waals surface area contributed by atoms with Crippen LogP contribution in [0.1, 0.15) is 0 Å². The van der Waals surface area contributed by atoms with Crippen LogP contribution in [-0.2, 0) is 0 Å². The van der Waals surface area contributed by atoms with E-state index in [1.807, 2.05) is 24.3 Å². The Bertz CT molecular complexity index is 844. The summed E-state index contributed by atoms with van der Waals surface area (Å²) in [5.74, 6) is 0.463. The van der Waals surface area contributed by atoms with Gasteiger partial charge in [-0.15, -0.1) is 5.10 Å². The van der Waals surface area contributed by atoms with Crippen molar-refractivity contribution in [2.45, 2.75) is 0 Å². The highest BCUT2D eigenvalue weighted by Crippen LogP contribution is 2.29. The second kappa shape index (κ2) is 7.23. The van der Waals surface area contributed by atoms with Crippen LogP contribution >= 0.6 is 0 Å². The van der Waals surface area contributed by atoms with Gasteiger partial charge in [-0.05, 0) is 42.5 Å². The van der Waals surface area contributed by atoms with E-state index in [9.17, 15) is 10.2 Å². The fourth-order valence-electron chi connectivity index (χ4n) is 2.27. The fraction of sp³-hybridized carbons (Fsp3) is 0.222. The van der Waals surface area contributed by atoms with Gasteiger partial charge in [0.1, 0.15) is 24.6 Å². The Morgan fingerprint density at radius 1 is 1.04 bits per heavy atom. The Morgan fingerprint density at radius 2 is 1.80 bits per heavy atom. The van der Waals surface area contributed by atoms with E-state index in [1.165, 1.54) is 17.0 Å². The van der Waals surface area contributed by atoms with E-state index in [1.54, 1.807) is 16.9 Å². The third-order valence-corrected chi connectivity index (χ3v) is 3.74. The molecule has 0 radical (unpaired) electrons. The minimum Gasteiger partial charge on any atom is -0.504 e. The van der Waals surface area contributed by atoms with Gasteiger partial charge >= 0.3 is 0 Å². The number of phenols is 2. The second-order valence-corrected chi connectivity index (χ2v) is 6.05. The predicted octanol–water partition coefficient (Wildman–Crippen LogP) is 0.869. The van der Waals surface area contributed by atoms with E-state index in [4.69, 9.17) is 4.74 Å². The maximum absolute atomic E-state index is 9.60. The molecule has 3 N–H and O–H groups in total. The molecule has 1 heterocycles. The Hall–Kier alpha value is -3.06. The van der Waals surface area contributed by atoms with E-state index in [-0.39, 0.29) is 11.5 Å². The molecule has 0 amide bonds. The van der Waals surface area contributed by atoms with E-state index in [2.05, 4.69) is 24.4 Å². The Kier molecular flexibility index (Phi) is 4.85. The molecule has 0 spiro atoms. The summed E-state index contributed by atoms with van der Waals surface area (Å²) in [5, 5.41) is 27.2. The van der Waals surface area contributed by atoms with Crippen molar-refractivity contribution in [2.24, 2.45) is 0 Å². The van der Waals surface area contributed by atoms with Crippen LogP contribution in [0.5, 0.6) is 17.2 Å². The molecule has 7 heteroatoms. The smallest absolute Gasteiger partial charge is 0.158 e. The number of likely N-dealkylation sites (N-methyl/N-ethyl adjacent to an activating group) is 1. The molecule has 0 bridgehead atoms. The molecule has 0 unspecified atom stereocenters. The molecule has 0 atom stereocenters. The van der Waals surface area contributed by atoms with Gasteiger partial charge in [0.15, 0.2) is 11.5 Å². The summed E-state index contributed by atoms with van der Waals surface area (Å²) in [7, 11) is 4.17. The molecule has 3 rings (SSSR count). The SMILES string of the molecule is C[NH+](C)CCOc1ccc(-n2cc(-c3ccc(O)c(O)c3)nn2)cc1. The average Bonchev–Trinajstić information content (AvgIpc) is 3.08. The summed E-state index contributed by atoms with van der Waals surface area (Å²) < 4.78 is 7.33. The molecule has 130 valence electrons. The number of aromatic hydroxyl groups is 2. The number of ether oxygens (including phenoxy) is 1. The summed E-state index contributed by atoms with van der Waals surface area (Å²) >= 11 is 0. The molecule has 0 fully saturated rings. The topological polar surface area (TPSA) is 84.8 Å². The minimum absolute atomic E-state index is 0.164. The highest BCUT2D eigenvalue weighted by Gasteiger charge is 2.08. The van der Waals surface area contributed by atoms with Crippen LogP contribution in [0.25, 0.3) is 16.9 Å². The molecular formula is C18H21N4O3+. The second-order valence-electron chi connectivity index (χ2n) is 6.05. The molecule has 0 aliphatic heterocycles. The molecule has 0 aliphatic carbocycles. The van der Waals surface area contributed by atoms with Gasteiger partial charge in [-0.25, -0.2) is 4.68 Å². The van der Waals surface area contributed by atoms with Gasteiger partial charge in [0.25, 0.3) is 0 Å². The summed E-state index contributed by atoms with van der Waals surface area (Å²) in [6.45, 7) is 1.60. The van der Waals surface area contributed by atoms with Gasteiger partial charge in [-0.1, -0.05) is 5.21 Å². The quantitative estimate of drug-likeness (QED) is 0.579. The monoisotopic (exact) mass is 341 g/mol. The van der Waals surface area contributed by atoms with Gasteiger partial charge in [-0.2, -0.15) is 0 Å². The van der Waals surface area contributed by atoms with Crippen LogP contribution in [0.4, 0.5) is 0 Å². The van der Waals surface area contributed by atoms with Crippen molar-refractivity contribution in [1.29, 1.82) is 0 Å². The number of nitrogens with zero attached hydrogens (tertiary/aromatic N) is 3. The van der Waals surface area contributed by atoms with Gasteiger partial charge < -0.3 is 19.8 Å². The van der Waals surface area contributed by atoms with E-state index >= 15 is 0 Å². The van der Waals surface area contributed by atoms with Gasteiger partial charge in [0.2, 0.25) is 0 Å². The summed E-state index contributed by atoms with van der Waals surface area (Å²) in [6.07, 6.45) is 1.76. The molecule has 0 saturated heterocycles. The maximum atomic E-state index is 9.60.